The summed E-state index contributed by atoms with van der Waals surface area (Å²) in [7, 11) is 0. The number of imidazole rings is 1. The number of carbonyl (C=O) groups is 1. The molecular weight excluding hydrogens is 280 g/mol. The summed E-state index contributed by atoms with van der Waals surface area (Å²) in [5.41, 5.74) is 8.98. The zero-order chi connectivity index (χ0) is 15.7. The molecule has 0 unspecified atom stereocenters. The fourth-order valence-corrected chi connectivity index (χ4v) is 2.22. The minimum Gasteiger partial charge on any atom is -0.399 e. The number of hydrogen-bond acceptors (Lipinski definition) is 4. The second-order valence-corrected chi connectivity index (χ2v) is 4.83. The maximum atomic E-state index is 12.2. The molecule has 0 spiro atoms. The smallest absolute Gasteiger partial charge is 0.276 e. The van der Waals surface area contributed by atoms with Crippen molar-refractivity contribution in [1.29, 1.82) is 0 Å². The number of amides is 1. The number of nitrogens with one attached hydrogen (secondary N) is 2. The number of nitrogens with zero attached hydrogens (tertiary/aromatic N) is 3. The van der Waals surface area contributed by atoms with Crippen LogP contribution in [-0.2, 0) is 6.54 Å². The molecule has 0 aliphatic carbocycles. The third-order valence-corrected chi connectivity index (χ3v) is 3.33. The number of aromatic amines is 1. The molecule has 112 valence electrons. The van der Waals surface area contributed by atoms with E-state index in [-0.39, 0.29) is 5.91 Å². The lowest BCUT2D eigenvalue weighted by molar-refractivity contribution is 0.101. The molecule has 0 aliphatic rings. The number of anilines is 1. The van der Waals surface area contributed by atoms with Crippen molar-refractivity contribution in [2.75, 3.05) is 5.32 Å². The van der Waals surface area contributed by atoms with E-state index in [4.69, 9.17) is 5.73 Å². The number of nitrogens with two attached hydrogens (primary N) is 1. The summed E-state index contributed by atoms with van der Waals surface area (Å²) < 4.78 is 1.62. The summed E-state index contributed by atoms with van der Waals surface area (Å²) in [6, 6.07) is 7.17. The molecule has 22 heavy (non-hydrogen) atoms. The van der Waals surface area contributed by atoms with Gasteiger partial charge in [0.2, 0.25) is 5.95 Å². The first-order chi connectivity index (χ1) is 10.6. The highest BCUT2D eigenvalue weighted by atomic mass is 16.2. The fraction of sp³-hybridized carbons (Fsp3) is 0.133. The monoisotopic (exact) mass is 296 g/mol. The van der Waals surface area contributed by atoms with Crippen LogP contribution in [0.4, 0.5) is 5.95 Å². The fourth-order valence-electron chi connectivity index (χ4n) is 2.22. The number of aromatic nitrogens is 4. The maximum absolute atomic E-state index is 12.2. The minimum atomic E-state index is -0.262. The van der Waals surface area contributed by atoms with Crippen LogP contribution in [0.25, 0.3) is 16.7 Å². The first-order valence-electron chi connectivity index (χ1n) is 6.86. The number of aryl methyl sites for hydroxylation is 1. The second-order valence-electron chi connectivity index (χ2n) is 4.83. The summed E-state index contributed by atoms with van der Waals surface area (Å²) in [5.74, 6) is 0.116. The van der Waals surface area contributed by atoms with Crippen LogP contribution in [0.5, 0.6) is 0 Å². The van der Waals surface area contributed by atoms with Gasteiger partial charge in [-0.1, -0.05) is 12.6 Å². The second kappa shape index (κ2) is 5.36. The lowest BCUT2D eigenvalue weighted by atomic mass is 10.1. The normalized spacial score (nSPS) is 10.8. The Hall–Kier alpha value is -3.09. The van der Waals surface area contributed by atoms with Gasteiger partial charge in [0, 0.05) is 18.4 Å². The molecule has 3 rings (SSSR count). The number of fused-ring (bicyclic) bond motifs is 1. The number of hydrogen-bond donors (Lipinski definition) is 3. The van der Waals surface area contributed by atoms with Crippen molar-refractivity contribution >= 4 is 28.6 Å². The van der Waals surface area contributed by atoms with Crippen molar-refractivity contribution in [2.24, 2.45) is 5.73 Å². The van der Waals surface area contributed by atoms with Crippen LogP contribution in [0.2, 0.25) is 0 Å². The Morgan fingerprint density at radius 2 is 2.27 bits per heavy atom. The van der Waals surface area contributed by atoms with Crippen LogP contribution >= 0.6 is 0 Å². The van der Waals surface area contributed by atoms with Crippen molar-refractivity contribution in [2.45, 2.75) is 13.5 Å². The van der Waals surface area contributed by atoms with Crippen LogP contribution in [0, 0.1) is 0 Å². The Balaban J connectivity index is 1.88. The summed E-state index contributed by atoms with van der Waals surface area (Å²) in [4.78, 5) is 19.6. The number of carbonyl (C=O) groups excluding carboxylic acids is 1. The Morgan fingerprint density at radius 1 is 1.45 bits per heavy atom. The SMILES string of the molecule is C=C(N)c1ccc2nc(NC(=O)c3ccnn3CC)[nH]c2c1. The van der Waals surface area contributed by atoms with Crippen molar-refractivity contribution in [3.63, 3.8) is 0 Å². The summed E-state index contributed by atoms with van der Waals surface area (Å²) >= 11 is 0. The van der Waals surface area contributed by atoms with Gasteiger partial charge in [-0.25, -0.2) is 4.98 Å². The first-order valence-corrected chi connectivity index (χ1v) is 6.86. The van der Waals surface area contributed by atoms with Gasteiger partial charge in [0.05, 0.1) is 11.0 Å². The average molecular weight is 296 g/mol. The molecule has 0 fully saturated rings. The molecule has 2 aromatic heterocycles. The number of H-pyrrole nitrogens is 1. The molecule has 0 radical (unpaired) electrons. The first kappa shape index (κ1) is 13.9. The molecule has 7 nitrogen and oxygen atoms in total. The number of rotatable bonds is 4. The van der Waals surface area contributed by atoms with Crippen molar-refractivity contribution in [3.05, 3.63) is 48.3 Å². The van der Waals surface area contributed by atoms with E-state index in [9.17, 15) is 4.79 Å². The van der Waals surface area contributed by atoms with E-state index in [2.05, 4.69) is 27.0 Å². The van der Waals surface area contributed by atoms with E-state index in [0.29, 0.717) is 23.9 Å². The molecule has 0 aliphatic heterocycles. The molecule has 1 amide bonds. The van der Waals surface area contributed by atoms with Gasteiger partial charge in [0.15, 0.2) is 0 Å². The van der Waals surface area contributed by atoms with E-state index in [1.165, 1.54) is 0 Å². The van der Waals surface area contributed by atoms with Gasteiger partial charge in [-0.3, -0.25) is 14.8 Å². The van der Waals surface area contributed by atoms with Crippen LogP contribution in [-0.4, -0.2) is 25.7 Å². The summed E-state index contributed by atoms with van der Waals surface area (Å²) in [6.45, 7) is 6.25. The van der Waals surface area contributed by atoms with Gasteiger partial charge in [-0.15, -0.1) is 0 Å². The zero-order valence-electron chi connectivity index (χ0n) is 12.1. The molecule has 0 saturated heterocycles. The highest BCUT2D eigenvalue weighted by Crippen LogP contribution is 2.18. The van der Waals surface area contributed by atoms with Gasteiger partial charge in [0.1, 0.15) is 5.69 Å². The molecule has 1 aromatic carbocycles. The van der Waals surface area contributed by atoms with E-state index < -0.39 is 0 Å². The summed E-state index contributed by atoms with van der Waals surface area (Å²) in [6.07, 6.45) is 1.59. The Morgan fingerprint density at radius 3 is 3.00 bits per heavy atom. The maximum Gasteiger partial charge on any atom is 0.276 e. The Labute approximate surface area is 126 Å². The topological polar surface area (TPSA) is 102 Å². The lowest BCUT2D eigenvalue weighted by Crippen LogP contribution is -2.18. The zero-order valence-corrected chi connectivity index (χ0v) is 12.1. The molecule has 3 aromatic rings. The molecule has 0 atom stereocenters. The third-order valence-electron chi connectivity index (χ3n) is 3.33. The van der Waals surface area contributed by atoms with Crippen LogP contribution in [0.3, 0.4) is 0 Å². The molecular formula is C15H16N6O. The van der Waals surface area contributed by atoms with Crippen LogP contribution in [0.1, 0.15) is 23.0 Å². The van der Waals surface area contributed by atoms with E-state index in [1.807, 2.05) is 25.1 Å². The van der Waals surface area contributed by atoms with Gasteiger partial charge >= 0.3 is 0 Å². The van der Waals surface area contributed by atoms with Gasteiger partial charge in [0.25, 0.3) is 5.91 Å². The standard InChI is InChI=1S/C15H16N6O/c1-3-21-13(6-7-17-21)14(22)20-15-18-11-5-4-10(9(2)16)8-12(11)19-15/h4-8H,2-3,16H2,1H3,(H2,18,19,20,22). The molecule has 0 bridgehead atoms. The molecule has 0 saturated carbocycles. The van der Waals surface area contributed by atoms with Crippen molar-refractivity contribution in [3.8, 4) is 0 Å². The predicted octanol–water partition coefficient (Wildman–Crippen LogP) is 1.96. The summed E-state index contributed by atoms with van der Waals surface area (Å²) in [5, 5.41) is 6.81. The minimum absolute atomic E-state index is 0.262. The predicted molar refractivity (Wildman–Crippen MR) is 85.2 cm³/mol. The van der Waals surface area contributed by atoms with Crippen LogP contribution in [0.15, 0.2) is 37.0 Å². The Bertz CT molecular complexity index is 860. The number of benzene rings is 1. The van der Waals surface area contributed by atoms with Crippen molar-refractivity contribution < 1.29 is 4.79 Å². The molecule has 2 heterocycles. The van der Waals surface area contributed by atoms with Gasteiger partial charge in [-0.05, 0) is 30.7 Å². The van der Waals surface area contributed by atoms with E-state index in [1.54, 1.807) is 16.9 Å². The quantitative estimate of drug-likeness (QED) is 0.685. The van der Waals surface area contributed by atoms with Gasteiger partial charge in [-0.2, -0.15) is 5.10 Å². The van der Waals surface area contributed by atoms with Gasteiger partial charge < -0.3 is 10.7 Å². The molecule has 7 heteroatoms. The van der Waals surface area contributed by atoms with Crippen LogP contribution < -0.4 is 11.1 Å². The third kappa shape index (κ3) is 2.44. The lowest BCUT2D eigenvalue weighted by Gasteiger charge is -2.03. The van der Waals surface area contributed by atoms with E-state index >= 15 is 0 Å². The molecule has 4 N–H and O–H groups in total. The van der Waals surface area contributed by atoms with Crippen molar-refractivity contribution in [1.82, 2.24) is 19.7 Å². The average Bonchev–Trinajstić information content (AvgIpc) is 3.11. The Kier molecular flexibility index (Phi) is 3.38. The highest BCUT2D eigenvalue weighted by Gasteiger charge is 2.13. The largest absolute Gasteiger partial charge is 0.399 e. The van der Waals surface area contributed by atoms with E-state index in [0.717, 1.165) is 16.6 Å². The highest BCUT2D eigenvalue weighted by molar-refractivity contribution is 6.02.